The van der Waals surface area contributed by atoms with E-state index < -0.39 is 11.6 Å². The van der Waals surface area contributed by atoms with Gasteiger partial charge in [-0.2, -0.15) is 5.10 Å². The molecule has 0 unspecified atom stereocenters. The number of hydrogen-bond donors (Lipinski definition) is 1. The minimum Gasteiger partial charge on any atom is -0.493 e. The number of nitrogens with zero attached hydrogens (tertiary/aromatic N) is 4. The topological polar surface area (TPSA) is 76.0 Å². The van der Waals surface area contributed by atoms with Gasteiger partial charge in [-0.3, -0.25) is 9.89 Å². The van der Waals surface area contributed by atoms with E-state index >= 15 is 0 Å². The van der Waals surface area contributed by atoms with Crippen LogP contribution >= 0.6 is 0 Å². The van der Waals surface area contributed by atoms with Crippen LogP contribution < -0.4 is 4.74 Å². The second-order valence-electron chi connectivity index (χ2n) is 8.39. The van der Waals surface area contributed by atoms with Crippen molar-refractivity contribution in [3.8, 4) is 5.75 Å². The van der Waals surface area contributed by atoms with Crippen LogP contribution in [0.2, 0.25) is 0 Å². The molecule has 1 amide bonds. The average molecular weight is 443 g/mol. The summed E-state index contributed by atoms with van der Waals surface area (Å²) in [6.07, 6.45) is 5.00. The van der Waals surface area contributed by atoms with Gasteiger partial charge in [0.15, 0.2) is 11.6 Å². The number of carbonyl (C=O) groups is 1. The highest BCUT2D eigenvalue weighted by molar-refractivity contribution is 5.76. The Balaban J connectivity index is 1.27. The van der Waals surface area contributed by atoms with Crippen LogP contribution in [-0.4, -0.2) is 50.3 Å². The monoisotopic (exact) mass is 443 g/mol. The summed E-state index contributed by atoms with van der Waals surface area (Å²) in [5.41, 5.74) is 1.82. The van der Waals surface area contributed by atoms with Crippen LogP contribution in [0.4, 0.5) is 8.78 Å². The van der Waals surface area contributed by atoms with Crippen LogP contribution in [0.1, 0.15) is 49.3 Å². The van der Waals surface area contributed by atoms with Crippen LogP contribution in [0, 0.1) is 11.6 Å². The molecule has 1 atom stereocenters. The van der Waals surface area contributed by atoms with Crippen molar-refractivity contribution in [2.75, 3.05) is 19.7 Å². The van der Waals surface area contributed by atoms with Crippen LogP contribution in [-0.2, 0) is 17.8 Å². The van der Waals surface area contributed by atoms with Crippen LogP contribution in [0.25, 0.3) is 0 Å². The third kappa shape index (κ3) is 4.98. The standard InChI is InChI=1S/C23H27F2N5O2/c1-15(2)23-26-7-9-30(23)14-22(31)29-8-5-16(13-29)21-11-17(27-28-21)6-10-32-18-3-4-19(24)20(25)12-18/h3-4,7,9,11-12,15-16H,5-6,8,10,13-14H2,1-2H3,(H,27,28)/t16-/m1/s1. The summed E-state index contributed by atoms with van der Waals surface area (Å²) < 4.78 is 33.6. The summed E-state index contributed by atoms with van der Waals surface area (Å²) in [5, 5.41) is 7.42. The number of hydrogen-bond acceptors (Lipinski definition) is 4. The van der Waals surface area contributed by atoms with E-state index in [1.54, 1.807) is 6.20 Å². The van der Waals surface area contributed by atoms with Gasteiger partial charge in [-0.15, -0.1) is 0 Å². The minimum absolute atomic E-state index is 0.0862. The lowest BCUT2D eigenvalue weighted by Gasteiger charge is -2.18. The molecule has 1 fully saturated rings. The fraction of sp³-hybridized carbons (Fsp3) is 0.435. The van der Waals surface area contributed by atoms with Gasteiger partial charge in [0, 0.05) is 55.5 Å². The molecule has 170 valence electrons. The molecule has 4 rings (SSSR count). The van der Waals surface area contributed by atoms with E-state index in [1.165, 1.54) is 6.07 Å². The Morgan fingerprint density at radius 2 is 2.12 bits per heavy atom. The van der Waals surface area contributed by atoms with Crippen molar-refractivity contribution in [2.45, 2.75) is 45.1 Å². The molecule has 0 saturated carbocycles. The summed E-state index contributed by atoms with van der Waals surface area (Å²) in [6, 6.07) is 5.46. The molecule has 2 aromatic heterocycles. The van der Waals surface area contributed by atoms with Crippen LogP contribution in [0.15, 0.2) is 36.7 Å². The molecule has 0 radical (unpaired) electrons. The molecule has 1 aromatic carbocycles. The molecule has 32 heavy (non-hydrogen) atoms. The number of rotatable bonds is 8. The Bertz CT molecular complexity index is 1080. The highest BCUT2D eigenvalue weighted by Crippen LogP contribution is 2.27. The highest BCUT2D eigenvalue weighted by Gasteiger charge is 2.29. The SMILES string of the molecule is CC(C)c1nccn1CC(=O)N1CC[C@@H](c2cc(CCOc3ccc(F)c(F)c3)[nH]n2)C1. The largest absolute Gasteiger partial charge is 0.493 e. The Morgan fingerprint density at radius 1 is 1.28 bits per heavy atom. The van der Waals surface area contributed by atoms with Gasteiger partial charge in [-0.25, -0.2) is 13.8 Å². The Morgan fingerprint density at radius 3 is 2.91 bits per heavy atom. The van der Waals surface area contributed by atoms with Gasteiger partial charge >= 0.3 is 0 Å². The molecule has 1 N–H and O–H groups in total. The molecule has 9 heteroatoms. The Hall–Kier alpha value is -3.23. The van der Waals surface area contributed by atoms with E-state index in [0.717, 1.165) is 35.8 Å². The second-order valence-corrected chi connectivity index (χ2v) is 8.39. The number of halogens is 2. The molecule has 1 aliphatic rings. The summed E-state index contributed by atoms with van der Waals surface area (Å²) in [7, 11) is 0. The molecule has 3 heterocycles. The van der Waals surface area contributed by atoms with E-state index in [-0.39, 0.29) is 23.5 Å². The van der Waals surface area contributed by atoms with E-state index in [1.807, 2.05) is 21.7 Å². The van der Waals surface area contributed by atoms with E-state index in [0.29, 0.717) is 32.7 Å². The number of H-pyrrole nitrogens is 1. The maximum atomic E-state index is 13.3. The molecule has 0 spiro atoms. The fourth-order valence-corrected chi connectivity index (χ4v) is 3.99. The highest BCUT2D eigenvalue weighted by atomic mass is 19.2. The smallest absolute Gasteiger partial charge is 0.242 e. The summed E-state index contributed by atoms with van der Waals surface area (Å²) in [6.45, 7) is 6.08. The lowest BCUT2D eigenvalue weighted by molar-refractivity contribution is -0.130. The van der Waals surface area contributed by atoms with Crippen LogP contribution in [0.5, 0.6) is 5.75 Å². The number of amides is 1. The van der Waals surface area contributed by atoms with Crippen LogP contribution in [0.3, 0.4) is 0 Å². The van der Waals surface area contributed by atoms with Crippen molar-refractivity contribution in [1.29, 1.82) is 0 Å². The minimum atomic E-state index is -0.930. The zero-order valence-electron chi connectivity index (χ0n) is 18.2. The second kappa shape index (κ2) is 9.50. The maximum absolute atomic E-state index is 13.3. The summed E-state index contributed by atoms with van der Waals surface area (Å²) in [5.74, 6) is -0.0990. The average Bonchev–Trinajstić information content (AvgIpc) is 3.50. The molecular formula is C23H27F2N5O2. The first-order valence-corrected chi connectivity index (χ1v) is 10.8. The third-order valence-electron chi connectivity index (χ3n) is 5.71. The maximum Gasteiger partial charge on any atom is 0.242 e. The number of likely N-dealkylation sites (tertiary alicyclic amines) is 1. The van der Waals surface area contributed by atoms with Crippen molar-refractivity contribution in [2.24, 2.45) is 0 Å². The predicted octanol–water partition coefficient (Wildman–Crippen LogP) is 3.65. The van der Waals surface area contributed by atoms with E-state index in [4.69, 9.17) is 4.74 Å². The fourth-order valence-electron chi connectivity index (χ4n) is 3.99. The first-order chi connectivity index (χ1) is 15.4. The first-order valence-electron chi connectivity index (χ1n) is 10.8. The van der Waals surface area contributed by atoms with Gasteiger partial charge in [-0.1, -0.05) is 13.8 Å². The molecule has 0 bridgehead atoms. The van der Waals surface area contributed by atoms with Crippen molar-refractivity contribution < 1.29 is 18.3 Å². The van der Waals surface area contributed by atoms with Gasteiger partial charge in [0.1, 0.15) is 18.1 Å². The number of nitrogens with one attached hydrogen (secondary N) is 1. The lowest BCUT2D eigenvalue weighted by Crippen LogP contribution is -2.32. The Labute approximate surface area is 185 Å². The zero-order chi connectivity index (χ0) is 22.7. The molecular weight excluding hydrogens is 416 g/mol. The van der Waals surface area contributed by atoms with Gasteiger partial charge in [-0.05, 0) is 24.6 Å². The van der Waals surface area contributed by atoms with E-state index in [9.17, 15) is 13.6 Å². The quantitative estimate of drug-likeness (QED) is 0.577. The normalized spacial score (nSPS) is 16.2. The van der Waals surface area contributed by atoms with Gasteiger partial charge in [0.05, 0.1) is 12.3 Å². The first kappa shape index (κ1) is 22.0. The van der Waals surface area contributed by atoms with Crippen molar-refractivity contribution in [3.05, 3.63) is 65.5 Å². The van der Waals surface area contributed by atoms with Crippen molar-refractivity contribution in [3.63, 3.8) is 0 Å². The number of imidazole rings is 1. The number of aromatic nitrogens is 4. The van der Waals surface area contributed by atoms with Crippen molar-refractivity contribution in [1.82, 2.24) is 24.6 Å². The zero-order valence-corrected chi connectivity index (χ0v) is 18.2. The predicted molar refractivity (Wildman–Crippen MR) is 114 cm³/mol. The van der Waals surface area contributed by atoms with Gasteiger partial charge in [0.2, 0.25) is 5.91 Å². The number of ether oxygens (including phenoxy) is 1. The Kier molecular flexibility index (Phi) is 6.53. The summed E-state index contributed by atoms with van der Waals surface area (Å²) in [4.78, 5) is 19.0. The molecule has 1 aliphatic heterocycles. The molecule has 1 saturated heterocycles. The summed E-state index contributed by atoms with van der Waals surface area (Å²) >= 11 is 0. The molecule has 7 nitrogen and oxygen atoms in total. The van der Waals surface area contributed by atoms with Gasteiger partial charge < -0.3 is 14.2 Å². The van der Waals surface area contributed by atoms with E-state index in [2.05, 4.69) is 29.0 Å². The number of aromatic amines is 1. The lowest BCUT2D eigenvalue weighted by atomic mass is 10.0. The number of carbonyl (C=O) groups excluding carboxylic acids is 1. The third-order valence-corrected chi connectivity index (χ3v) is 5.71. The van der Waals surface area contributed by atoms with Crippen molar-refractivity contribution >= 4 is 5.91 Å². The molecule has 0 aliphatic carbocycles. The molecule has 3 aromatic rings. The van der Waals surface area contributed by atoms with Gasteiger partial charge in [0.25, 0.3) is 0 Å². The number of benzene rings is 1.